The summed E-state index contributed by atoms with van der Waals surface area (Å²) < 4.78 is 12.9. The van der Waals surface area contributed by atoms with Gasteiger partial charge in [-0.1, -0.05) is 6.42 Å². The molecule has 2 atom stereocenters. The molecule has 0 aromatic carbocycles. The molecule has 0 amide bonds. The fourth-order valence-electron chi connectivity index (χ4n) is 1.52. The number of aliphatic hydroxyl groups excluding tert-OH is 1. The number of aliphatic hydroxyl groups is 1. The Bertz CT molecular complexity index is 217. The topological polar surface area (TPSA) is 46.5 Å². The van der Waals surface area contributed by atoms with Crippen molar-refractivity contribution in [2.45, 2.75) is 51.7 Å². The van der Waals surface area contributed by atoms with Gasteiger partial charge in [0, 0.05) is 1.37 Å². The molecular weight excluding hydrogens is 168 g/mol. The van der Waals surface area contributed by atoms with E-state index in [4.69, 9.17) is 6.11 Å². The Kier molecular flexibility index (Phi) is 3.19. The average molecular weight is 187 g/mol. The highest BCUT2D eigenvalue weighted by Crippen LogP contribution is 2.25. The van der Waals surface area contributed by atoms with E-state index in [1.165, 1.54) is 0 Å². The lowest BCUT2D eigenvalue weighted by atomic mass is 9.87. The highest BCUT2D eigenvalue weighted by Gasteiger charge is 2.27. The van der Waals surface area contributed by atoms with Crippen LogP contribution in [-0.2, 0) is 9.53 Å². The maximum Gasteiger partial charge on any atom is 0.309 e. The van der Waals surface area contributed by atoms with Gasteiger partial charge in [0.2, 0.25) is 0 Å². The summed E-state index contributed by atoms with van der Waals surface area (Å²) in [4.78, 5) is 11.6. The van der Waals surface area contributed by atoms with Crippen molar-refractivity contribution in [3.8, 4) is 0 Å². The maximum atomic E-state index is 11.6. The van der Waals surface area contributed by atoms with Crippen molar-refractivity contribution >= 4 is 5.97 Å². The number of esters is 1. The van der Waals surface area contributed by atoms with E-state index in [0.717, 1.165) is 6.42 Å². The van der Waals surface area contributed by atoms with Crippen LogP contribution < -0.4 is 0 Å². The third kappa shape index (κ3) is 3.35. The molecule has 1 N–H and O–H groups in total. The predicted molar refractivity (Wildman–Crippen MR) is 49.2 cm³/mol. The molecule has 3 heteroatoms. The molecule has 0 saturated heterocycles. The van der Waals surface area contributed by atoms with Gasteiger partial charge in [-0.25, -0.2) is 0 Å². The third-order valence-corrected chi connectivity index (χ3v) is 2.13. The number of hydrogen-bond acceptors (Lipinski definition) is 3. The molecule has 0 heterocycles. The molecule has 0 aromatic rings. The van der Waals surface area contributed by atoms with Crippen LogP contribution in [0.25, 0.3) is 0 Å². The normalized spacial score (nSPS) is 35.7. The second kappa shape index (κ2) is 4.61. The van der Waals surface area contributed by atoms with Gasteiger partial charge in [-0.05, 0) is 33.1 Å². The second-order valence-corrected chi connectivity index (χ2v) is 3.81. The standard InChI is InChI=1S/C10H18O3/c1-7(2)13-10(12)8-4-3-5-9(11)6-8/h7-9,11H,3-6H2,1-2H3/t8?,9-/m1/s1/i8D. The lowest BCUT2D eigenvalue weighted by molar-refractivity contribution is -0.154. The number of rotatable bonds is 2. The smallest absolute Gasteiger partial charge is 0.309 e. The van der Waals surface area contributed by atoms with E-state index < -0.39 is 18.0 Å². The van der Waals surface area contributed by atoms with Gasteiger partial charge in [0.15, 0.2) is 0 Å². The highest BCUT2D eigenvalue weighted by molar-refractivity contribution is 5.72. The van der Waals surface area contributed by atoms with Crippen LogP contribution in [-0.4, -0.2) is 23.3 Å². The van der Waals surface area contributed by atoms with E-state index in [1.807, 2.05) is 0 Å². The zero-order chi connectivity index (χ0) is 10.8. The molecule has 1 fully saturated rings. The first-order chi connectivity index (χ1) is 6.44. The van der Waals surface area contributed by atoms with Gasteiger partial charge in [0.25, 0.3) is 0 Å². The molecule has 0 bridgehead atoms. The van der Waals surface area contributed by atoms with E-state index in [1.54, 1.807) is 13.8 Å². The second-order valence-electron chi connectivity index (χ2n) is 3.81. The molecule has 76 valence electrons. The first-order valence-corrected chi connectivity index (χ1v) is 4.83. The van der Waals surface area contributed by atoms with E-state index in [0.29, 0.717) is 12.8 Å². The van der Waals surface area contributed by atoms with Crippen LogP contribution in [0.2, 0.25) is 0 Å². The number of carbonyl (C=O) groups excluding carboxylic acids is 1. The van der Waals surface area contributed by atoms with Crippen LogP contribution in [0.15, 0.2) is 0 Å². The zero-order valence-electron chi connectivity index (χ0n) is 9.25. The minimum atomic E-state index is -1.22. The van der Waals surface area contributed by atoms with Gasteiger partial charge < -0.3 is 9.84 Å². The molecule has 1 unspecified atom stereocenters. The summed E-state index contributed by atoms with van der Waals surface area (Å²) in [5.41, 5.74) is 0. The average Bonchev–Trinajstić information content (AvgIpc) is 2.02. The Hall–Kier alpha value is -0.570. The number of hydrogen-bond donors (Lipinski definition) is 1. The monoisotopic (exact) mass is 187 g/mol. The van der Waals surface area contributed by atoms with Crippen LogP contribution in [0.4, 0.5) is 0 Å². The van der Waals surface area contributed by atoms with Crippen LogP contribution >= 0.6 is 0 Å². The van der Waals surface area contributed by atoms with Gasteiger partial charge in [-0.15, -0.1) is 0 Å². The van der Waals surface area contributed by atoms with Crippen LogP contribution in [0.1, 0.15) is 40.9 Å². The maximum absolute atomic E-state index is 11.6. The molecule has 0 radical (unpaired) electrons. The lowest BCUT2D eigenvalue weighted by Crippen LogP contribution is -2.28. The summed E-state index contributed by atoms with van der Waals surface area (Å²) >= 11 is 0. The van der Waals surface area contributed by atoms with E-state index in [9.17, 15) is 9.90 Å². The van der Waals surface area contributed by atoms with E-state index in [2.05, 4.69) is 0 Å². The minimum absolute atomic E-state index is 0.191. The van der Waals surface area contributed by atoms with Crippen molar-refractivity contribution in [2.24, 2.45) is 5.89 Å². The minimum Gasteiger partial charge on any atom is -0.463 e. The summed E-state index contributed by atoms with van der Waals surface area (Å²) in [5.74, 6) is -1.71. The SMILES string of the molecule is [2H]C1(C(=O)OC(C)C)CCC[C@@H](O)C1. The molecule has 0 aliphatic heterocycles. The van der Waals surface area contributed by atoms with Gasteiger partial charge in [0.1, 0.15) is 0 Å². The fourth-order valence-corrected chi connectivity index (χ4v) is 1.52. The van der Waals surface area contributed by atoms with Gasteiger partial charge in [-0.3, -0.25) is 4.79 Å². The fraction of sp³-hybridized carbons (Fsp3) is 0.900. The first kappa shape index (κ1) is 9.00. The quantitative estimate of drug-likeness (QED) is 0.666. The summed E-state index contributed by atoms with van der Waals surface area (Å²) in [6.07, 6.45) is 1.39. The zero-order valence-corrected chi connectivity index (χ0v) is 8.25. The molecule has 1 saturated carbocycles. The Labute approximate surface area is 80.5 Å². The Morgan fingerprint density at radius 1 is 1.62 bits per heavy atom. The van der Waals surface area contributed by atoms with Gasteiger partial charge in [0.05, 0.1) is 18.1 Å². The van der Waals surface area contributed by atoms with Crippen molar-refractivity contribution in [3.05, 3.63) is 0 Å². The first-order valence-electron chi connectivity index (χ1n) is 5.33. The number of carbonyl (C=O) groups is 1. The van der Waals surface area contributed by atoms with E-state index in [-0.39, 0.29) is 12.5 Å². The van der Waals surface area contributed by atoms with Crippen LogP contribution in [0.3, 0.4) is 0 Å². The summed E-state index contributed by atoms with van der Waals surface area (Å²) in [6.45, 7) is 3.53. The molecule has 13 heavy (non-hydrogen) atoms. The molecule has 1 aliphatic carbocycles. The van der Waals surface area contributed by atoms with Crippen molar-refractivity contribution in [1.82, 2.24) is 0 Å². The van der Waals surface area contributed by atoms with Crippen molar-refractivity contribution in [1.29, 1.82) is 0 Å². The van der Waals surface area contributed by atoms with Crippen LogP contribution in [0.5, 0.6) is 0 Å². The Morgan fingerprint density at radius 2 is 2.31 bits per heavy atom. The van der Waals surface area contributed by atoms with Gasteiger partial charge >= 0.3 is 5.97 Å². The van der Waals surface area contributed by atoms with Crippen molar-refractivity contribution in [3.63, 3.8) is 0 Å². The summed E-state index contributed by atoms with van der Waals surface area (Å²) in [7, 11) is 0. The van der Waals surface area contributed by atoms with Gasteiger partial charge in [-0.2, -0.15) is 0 Å². The molecule has 0 spiro atoms. The van der Waals surface area contributed by atoms with E-state index >= 15 is 0 Å². The summed E-state index contributed by atoms with van der Waals surface area (Å²) in [6, 6.07) is 0. The molecule has 1 aliphatic rings. The largest absolute Gasteiger partial charge is 0.463 e. The van der Waals surface area contributed by atoms with Crippen molar-refractivity contribution in [2.75, 3.05) is 0 Å². The Balaban J connectivity index is 2.59. The lowest BCUT2D eigenvalue weighted by Gasteiger charge is -2.24. The highest BCUT2D eigenvalue weighted by atomic mass is 16.5. The number of ether oxygens (including phenoxy) is 1. The Morgan fingerprint density at radius 3 is 2.85 bits per heavy atom. The summed E-state index contributed by atoms with van der Waals surface area (Å²) in [5, 5.41) is 9.40. The molecular formula is C10H18O3. The molecule has 3 nitrogen and oxygen atoms in total. The van der Waals surface area contributed by atoms with Crippen molar-refractivity contribution < 1.29 is 16.0 Å². The third-order valence-electron chi connectivity index (χ3n) is 2.13. The van der Waals surface area contributed by atoms with Crippen LogP contribution in [0, 0.1) is 5.89 Å². The molecule has 0 aromatic heterocycles. The predicted octanol–water partition coefficient (Wildman–Crippen LogP) is 1.49. The molecule has 1 rings (SSSR count).